The van der Waals surface area contributed by atoms with Gasteiger partial charge in [0, 0.05) is 38.1 Å². The van der Waals surface area contributed by atoms with E-state index >= 15 is 0 Å². The van der Waals surface area contributed by atoms with Crippen LogP contribution in [0.1, 0.15) is 16.1 Å². The molecule has 3 aromatic heterocycles. The van der Waals surface area contributed by atoms with Crippen molar-refractivity contribution in [1.29, 1.82) is 0 Å². The van der Waals surface area contributed by atoms with Crippen LogP contribution in [0.15, 0.2) is 42.9 Å². The van der Waals surface area contributed by atoms with Crippen LogP contribution in [0.4, 0.5) is 11.5 Å². The number of amides is 1. The maximum Gasteiger partial charge on any atom is 0.274 e. The zero-order valence-corrected chi connectivity index (χ0v) is 15.9. The molecule has 1 N–H and O–H groups in total. The molecule has 1 amide bonds. The lowest BCUT2D eigenvalue weighted by atomic mass is 10.1. The Hall–Kier alpha value is -3.26. The molecule has 0 spiro atoms. The summed E-state index contributed by atoms with van der Waals surface area (Å²) in [5.41, 5.74) is 3.44. The fourth-order valence-corrected chi connectivity index (χ4v) is 3.19. The second-order valence-electron chi connectivity index (χ2n) is 6.70. The first-order valence-corrected chi connectivity index (χ1v) is 9.17. The van der Waals surface area contributed by atoms with Gasteiger partial charge in [-0.15, -0.1) is 0 Å². The lowest BCUT2D eigenvalue weighted by molar-refractivity contribution is 0.102. The molecule has 0 aromatic carbocycles. The summed E-state index contributed by atoms with van der Waals surface area (Å²) in [6.45, 7) is 4.66. The number of ether oxygens (including phenoxy) is 1. The molecule has 1 aliphatic rings. The summed E-state index contributed by atoms with van der Waals surface area (Å²) in [6.07, 6.45) is 5.25. The number of carbonyl (C=O) groups is 1. The standard InChI is InChI=1S/C20H22N6O2/c1-14-5-6-16(15-4-3-7-21-12-15)22-18(14)20(27)23-17-13-25(2)24-19(17)26-8-10-28-11-9-26/h3-7,12-13H,8-11H2,1-2H3,(H,23,27). The molecule has 0 aliphatic carbocycles. The average Bonchev–Trinajstić information content (AvgIpc) is 3.09. The molecule has 144 valence electrons. The molecule has 8 heteroatoms. The van der Waals surface area contributed by atoms with Crippen LogP contribution in [-0.2, 0) is 11.8 Å². The van der Waals surface area contributed by atoms with Crippen LogP contribution >= 0.6 is 0 Å². The average molecular weight is 378 g/mol. The smallest absolute Gasteiger partial charge is 0.274 e. The summed E-state index contributed by atoms with van der Waals surface area (Å²) in [4.78, 5) is 23.8. The summed E-state index contributed by atoms with van der Waals surface area (Å²) >= 11 is 0. The van der Waals surface area contributed by atoms with Gasteiger partial charge < -0.3 is 15.0 Å². The van der Waals surface area contributed by atoms with E-state index in [-0.39, 0.29) is 5.91 Å². The number of nitrogens with one attached hydrogen (secondary N) is 1. The number of morpholine rings is 1. The van der Waals surface area contributed by atoms with Crippen molar-refractivity contribution >= 4 is 17.4 Å². The molecule has 1 aliphatic heterocycles. The quantitative estimate of drug-likeness (QED) is 0.750. The Morgan fingerprint density at radius 2 is 2.04 bits per heavy atom. The zero-order valence-electron chi connectivity index (χ0n) is 15.9. The largest absolute Gasteiger partial charge is 0.378 e. The highest BCUT2D eigenvalue weighted by Crippen LogP contribution is 2.26. The van der Waals surface area contributed by atoms with Gasteiger partial charge in [-0.2, -0.15) is 5.10 Å². The normalized spacial score (nSPS) is 14.1. The molecular formula is C20H22N6O2. The number of anilines is 2. The predicted molar refractivity (Wildman–Crippen MR) is 106 cm³/mol. The van der Waals surface area contributed by atoms with Crippen LogP contribution in [0.3, 0.4) is 0 Å². The van der Waals surface area contributed by atoms with Crippen molar-refractivity contribution in [2.24, 2.45) is 7.05 Å². The Balaban J connectivity index is 1.61. The number of carbonyl (C=O) groups excluding carboxylic acids is 1. The number of nitrogens with zero attached hydrogens (tertiary/aromatic N) is 5. The fraction of sp³-hybridized carbons (Fsp3) is 0.300. The van der Waals surface area contributed by atoms with Crippen molar-refractivity contribution in [2.75, 3.05) is 36.5 Å². The van der Waals surface area contributed by atoms with Crippen LogP contribution in [0.5, 0.6) is 0 Å². The van der Waals surface area contributed by atoms with Crippen molar-refractivity contribution in [2.45, 2.75) is 6.92 Å². The lowest BCUT2D eigenvalue weighted by Crippen LogP contribution is -2.37. The van der Waals surface area contributed by atoms with E-state index < -0.39 is 0 Å². The molecule has 3 aromatic rings. The zero-order chi connectivity index (χ0) is 19.5. The van der Waals surface area contributed by atoms with E-state index in [0.29, 0.717) is 30.3 Å². The van der Waals surface area contributed by atoms with Crippen LogP contribution in [0.2, 0.25) is 0 Å². The number of hydrogen-bond donors (Lipinski definition) is 1. The van der Waals surface area contributed by atoms with Crippen LogP contribution < -0.4 is 10.2 Å². The summed E-state index contributed by atoms with van der Waals surface area (Å²) in [7, 11) is 1.84. The highest BCUT2D eigenvalue weighted by atomic mass is 16.5. The molecule has 1 saturated heterocycles. The maximum absolute atomic E-state index is 13.0. The van der Waals surface area contributed by atoms with Gasteiger partial charge in [0.2, 0.25) is 0 Å². The first kappa shape index (κ1) is 18.1. The first-order valence-electron chi connectivity index (χ1n) is 9.17. The molecule has 0 radical (unpaired) electrons. The number of pyridine rings is 2. The van der Waals surface area contributed by atoms with Gasteiger partial charge in [-0.3, -0.25) is 14.5 Å². The van der Waals surface area contributed by atoms with E-state index in [0.717, 1.165) is 30.0 Å². The van der Waals surface area contributed by atoms with Crippen LogP contribution in [0, 0.1) is 6.92 Å². The third kappa shape index (κ3) is 3.72. The summed E-state index contributed by atoms with van der Waals surface area (Å²) in [5.74, 6) is 0.492. The molecule has 0 saturated carbocycles. The third-order valence-corrected chi connectivity index (χ3v) is 4.64. The van der Waals surface area contributed by atoms with Crippen molar-refractivity contribution in [3.8, 4) is 11.3 Å². The van der Waals surface area contributed by atoms with E-state index in [2.05, 4.69) is 25.3 Å². The number of hydrogen-bond acceptors (Lipinski definition) is 6. The van der Waals surface area contributed by atoms with Gasteiger partial charge in [0.05, 0.1) is 25.1 Å². The van der Waals surface area contributed by atoms with Crippen molar-refractivity contribution in [3.63, 3.8) is 0 Å². The van der Waals surface area contributed by atoms with Crippen molar-refractivity contribution < 1.29 is 9.53 Å². The molecule has 0 bridgehead atoms. The number of aromatic nitrogens is 4. The van der Waals surface area contributed by atoms with Crippen LogP contribution in [-0.4, -0.2) is 52.0 Å². The van der Waals surface area contributed by atoms with Crippen LogP contribution in [0.25, 0.3) is 11.3 Å². The molecule has 0 atom stereocenters. The molecule has 0 unspecified atom stereocenters. The Kier molecular flexibility index (Phi) is 5.03. The van der Waals surface area contributed by atoms with E-state index in [1.165, 1.54) is 0 Å². The minimum absolute atomic E-state index is 0.259. The van der Waals surface area contributed by atoms with Gasteiger partial charge in [-0.1, -0.05) is 6.07 Å². The molecule has 1 fully saturated rings. The maximum atomic E-state index is 13.0. The predicted octanol–water partition coefficient (Wildman–Crippen LogP) is 2.27. The van der Waals surface area contributed by atoms with E-state index in [9.17, 15) is 4.79 Å². The Morgan fingerprint density at radius 3 is 2.79 bits per heavy atom. The molecular weight excluding hydrogens is 356 g/mol. The van der Waals surface area contributed by atoms with Gasteiger partial charge in [-0.25, -0.2) is 4.98 Å². The SMILES string of the molecule is Cc1ccc(-c2cccnc2)nc1C(=O)Nc1cn(C)nc1N1CCOCC1. The van der Waals surface area contributed by atoms with Crippen molar-refractivity contribution in [1.82, 2.24) is 19.7 Å². The molecule has 28 heavy (non-hydrogen) atoms. The molecule has 8 nitrogen and oxygen atoms in total. The number of aryl methyl sites for hydroxylation is 2. The highest BCUT2D eigenvalue weighted by molar-refractivity contribution is 6.05. The molecule has 4 rings (SSSR count). The van der Waals surface area contributed by atoms with Gasteiger partial charge in [-0.05, 0) is 30.7 Å². The van der Waals surface area contributed by atoms with Gasteiger partial charge in [0.25, 0.3) is 5.91 Å². The minimum Gasteiger partial charge on any atom is -0.378 e. The highest BCUT2D eigenvalue weighted by Gasteiger charge is 2.21. The summed E-state index contributed by atoms with van der Waals surface area (Å²) in [6, 6.07) is 7.56. The second-order valence-corrected chi connectivity index (χ2v) is 6.70. The van der Waals surface area contributed by atoms with Gasteiger partial charge in [0.1, 0.15) is 11.4 Å². The van der Waals surface area contributed by atoms with E-state index in [1.54, 1.807) is 17.1 Å². The minimum atomic E-state index is -0.259. The number of rotatable bonds is 4. The monoisotopic (exact) mass is 378 g/mol. The Morgan fingerprint density at radius 1 is 1.21 bits per heavy atom. The molecule has 4 heterocycles. The first-order chi connectivity index (χ1) is 13.6. The second kappa shape index (κ2) is 7.77. The summed E-state index contributed by atoms with van der Waals surface area (Å²) < 4.78 is 7.11. The van der Waals surface area contributed by atoms with Crippen molar-refractivity contribution in [3.05, 3.63) is 54.1 Å². The van der Waals surface area contributed by atoms with E-state index in [1.807, 2.05) is 44.4 Å². The Bertz CT molecular complexity index is 980. The van der Waals surface area contributed by atoms with Gasteiger partial charge in [0.15, 0.2) is 5.82 Å². The van der Waals surface area contributed by atoms with E-state index in [4.69, 9.17) is 4.74 Å². The lowest BCUT2D eigenvalue weighted by Gasteiger charge is -2.27. The third-order valence-electron chi connectivity index (χ3n) is 4.64. The van der Waals surface area contributed by atoms with Gasteiger partial charge >= 0.3 is 0 Å². The summed E-state index contributed by atoms with van der Waals surface area (Å²) in [5, 5.41) is 7.49. The fourth-order valence-electron chi connectivity index (χ4n) is 3.19. The Labute approximate surface area is 163 Å². The topological polar surface area (TPSA) is 85.2 Å².